The molecule has 25 heavy (non-hydrogen) atoms. The lowest BCUT2D eigenvalue weighted by Crippen LogP contribution is -2.27. The van der Waals surface area contributed by atoms with E-state index >= 15 is 0 Å². The zero-order chi connectivity index (χ0) is 17.6. The lowest BCUT2D eigenvalue weighted by Gasteiger charge is -2.23. The van der Waals surface area contributed by atoms with Gasteiger partial charge >= 0.3 is 6.18 Å². The molecule has 0 saturated heterocycles. The van der Waals surface area contributed by atoms with Crippen molar-refractivity contribution < 1.29 is 17.9 Å². The predicted octanol–water partition coefficient (Wildman–Crippen LogP) is 4.28. The predicted molar refractivity (Wildman–Crippen MR) is 86.6 cm³/mol. The molecule has 4 rings (SSSR count). The lowest BCUT2D eigenvalue weighted by molar-refractivity contribution is -0.478. The smallest absolute Gasteiger partial charge is 0.416 e. The van der Waals surface area contributed by atoms with Crippen LogP contribution in [-0.4, -0.2) is 20.0 Å². The molecule has 2 aromatic rings. The van der Waals surface area contributed by atoms with Gasteiger partial charge in [0.1, 0.15) is 0 Å². The normalized spacial score (nSPS) is 18.7. The second-order valence-corrected chi connectivity index (χ2v) is 6.70. The van der Waals surface area contributed by atoms with E-state index in [0.717, 1.165) is 49.0 Å². The third-order valence-corrected chi connectivity index (χ3v) is 5.12. The number of hydroxylamine groups is 1. The van der Waals surface area contributed by atoms with Gasteiger partial charge in [0.25, 0.3) is 0 Å². The molecule has 2 heterocycles. The minimum Gasteiger partial charge on any atom is -0.623 e. The van der Waals surface area contributed by atoms with E-state index in [1.165, 1.54) is 6.07 Å². The van der Waals surface area contributed by atoms with Crippen LogP contribution in [0.5, 0.6) is 0 Å². The first-order chi connectivity index (χ1) is 11.9. The van der Waals surface area contributed by atoms with Crippen LogP contribution in [-0.2, 0) is 12.7 Å². The highest BCUT2D eigenvalue weighted by molar-refractivity contribution is 6.02. The van der Waals surface area contributed by atoms with Gasteiger partial charge in [-0.3, -0.25) is 4.57 Å². The number of aromatic nitrogens is 2. The van der Waals surface area contributed by atoms with Gasteiger partial charge in [0.05, 0.1) is 16.8 Å². The van der Waals surface area contributed by atoms with E-state index in [1.54, 1.807) is 17.0 Å². The molecule has 0 atom stereocenters. The molecule has 2 aliphatic rings. The third kappa shape index (κ3) is 2.81. The number of halogens is 3. The van der Waals surface area contributed by atoms with Crippen LogP contribution >= 0.6 is 0 Å². The minimum atomic E-state index is -4.44. The number of alkyl halides is 3. The first-order valence-electron chi connectivity index (χ1n) is 8.51. The molecule has 1 fully saturated rings. The summed E-state index contributed by atoms with van der Waals surface area (Å²) in [4.78, 5) is 4.20. The quantitative estimate of drug-likeness (QED) is 0.570. The fourth-order valence-electron chi connectivity index (χ4n) is 3.95. The maximum atomic E-state index is 13.2. The highest BCUT2D eigenvalue weighted by Crippen LogP contribution is 2.36. The Bertz CT molecular complexity index is 832. The van der Waals surface area contributed by atoms with Crippen molar-refractivity contribution in [3.8, 4) is 5.69 Å². The van der Waals surface area contributed by atoms with Crippen LogP contribution < -0.4 is 0 Å². The molecule has 1 aliphatic carbocycles. The summed E-state index contributed by atoms with van der Waals surface area (Å²) in [5.74, 6) is 0.542. The molecule has 0 N–H and O–H groups in total. The topological polar surface area (TPSA) is 43.9 Å². The minimum absolute atomic E-state index is 0.00177. The molecule has 0 bridgehead atoms. The summed E-state index contributed by atoms with van der Waals surface area (Å²) < 4.78 is 42.3. The van der Waals surface area contributed by atoms with Crippen molar-refractivity contribution in [2.75, 3.05) is 0 Å². The SMILES string of the molecule is [O-][N+]1=C(C2CCCCC2)c2cc(C(F)(F)F)ccc2-n2ccnc2C1. The maximum Gasteiger partial charge on any atom is 0.416 e. The Labute approximate surface area is 143 Å². The van der Waals surface area contributed by atoms with Crippen LogP contribution in [0.4, 0.5) is 13.2 Å². The Morgan fingerprint density at radius 2 is 1.92 bits per heavy atom. The average Bonchev–Trinajstić information content (AvgIpc) is 2.99. The van der Waals surface area contributed by atoms with Gasteiger partial charge in [-0.2, -0.15) is 13.2 Å². The zero-order valence-electron chi connectivity index (χ0n) is 13.6. The molecule has 1 saturated carbocycles. The molecule has 1 aliphatic heterocycles. The number of hydrogen-bond donors (Lipinski definition) is 0. The van der Waals surface area contributed by atoms with Crippen molar-refractivity contribution >= 4 is 5.71 Å². The molecule has 0 spiro atoms. The lowest BCUT2D eigenvalue weighted by atomic mass is 9.82. The maximum absolute atomic E-state index is 13.2. The summed E-state index contributed by atoms with van der Waals surface area (Å²) in [7, 11) is 0. The highest BCUT2D eigenvalue weighted by Gasteiger charge is 2.36. The van der Waals surface area contributed by atoms with Crippen molar-refractivity contribution in [3.63, 3.8) is 0 Å². The van der Waals surface area contributed by atoms with Gasteiger partial charge in [-0.1, -0.05) is 19.3 Å². The number of fused-ring (bicyclic) bond motifs is 3. The molecular weight excluding hydrogens is 331 g/mol. The summed E-state index contributed by atoms with van der Waals surface area (Å²) in [6, 6.07) is 3.65. The molecule has 1 aromatic carbocycles. The summed E-state index contributed by atoms with van der Waals surface area (Å²) in [5, 5.41) is 12.8. The molecule has 0 unspecified atom stereocenters. The summed E-state index contributed by atoms with van der Waals surface area (Å²) >= 11 is 0. The van der Waals surface area contributed by atoms with E-state index in [1.807, 2.05) is 0 Å². The van der Waals surface area contributed by atoms with Gasteiger partial charge in [0.2, 0.25) is 6.54 Å². The fourth-order valence-corrected chi connectivity index (χ4v) is 3.95. The number of imidazole rings is 1. The largest absolute Gasteiger partial charge is 0.623 e. The molecule has 1 aromatic heterocycles. The number of nitrogens with zero attached hydrogens (tertiary/aromatic N) is 3. The Morgan fingerprint density at radius 1 is 1.16 bits per heavy atom. The van der Waals surface area contributed by atoms with Gasteiger partial charge < -0.3 is 5.21 Å². The van der Waals surface area contributed by atoms with Gasteiger partial charge in [0.15, 0.2) is 11.5 Å². The van der Waals surface area contributed by atoms with Crippen molar-refractivity contribution in [1.82, 2.24) is 9.55 Å². The molecule has 7 heteroatoms. The highest BCUT2D eigenvalue weighted by atomic mass is 19.4. The Kier molecular flexibility index (Phi) is 3.81. The number of benzene rings is 1. The van der Waals surface area contributed by atoms with Gasteiger partial charge in [-0.25, -0.2) is 9.72 Å². The van der Waals surface area contributed by atoms with Crippen molar-refractivity contribution in [2.45, 2.75) is 44.8 Å². The fraction of sp³-hybridized carbons (Fsp3) is 0.444. The van der Waals surface area contributed by atoms with E-state index in [-0.39, 0.29) is 12.5 Å². The number of hydrogen-bond acceptors (Lipinski definition) is 2. The van der Waals surface area contributed by atoms with Gasteiger partial charge in [0, 0.05) is 18.3 Å². The standard InChI is InChI=1S/C18H18F3N3O/c19-18(20,21)13-6-7-15-14(10-13)17(12-4-2-1-3-5-12)24(25)11-16-22-8-9-23(15)16/h6-10,12H,1-5,11H2. The van der Waals surface area contributed by atoms with Crippen LogP contribution in [0.25, 0.3) is 5.69 Å². The van der Waals surface area contributed by atoms with E-state index in [9.17, 15) is 18.4 Å². The summed E-state index contributed by atoms with van der Waals surface area (Å²) in [6.07, 6.45) is 3.61. The van der Waals surface area contributed by atoms with Crippen LogP contribution in [0.15, 0.2) is 30.6 Å². The monoisotopic (exact) mass is 349 g/mol. The summed E-state index contributed by atoms with van der Waals surface area (Å²) in [6.45, 7) is 0.0505. The molecule has 4 nitrogen and oxygen atoms in total. The third-order valence-electron chi connectivity index (χ3n) is 5.12. The molecular formula is C18H18F3N3O. The van der Waals surface area contributed by atoms with Crippen LogP contribution in [0, 0.1) is 11.1 Å². The first kappa shape index (κ1) is 16.2. The molecule has 0 radical (unpaired) electrons. The Hall–Kier alpha value is -2.31. The second kappa shape index (κ2) is 5.89. The zero-order valence-corrected chi connectivity index (χ0v) is 13.6. The van der Waals surface area contributed by atoms with E-state index in [4.69, 9.17) is 0 Å². The van der Waals surface area contributed by atoms with Gasteiger partial charge in [-0.05, 0) is 31.0 Å². The molecule has 0 amide bonds. The first-order valence-corrected chi connectivity index (χ1v) is 8.51. The van der Waals surface area contributed by atoms with Crippen LogP contribution in [0.2, 0.25) is 0 Å². The van der Waals surface area contributed by atoms with Crippen molar-refractivity contribution in [1.29, 1.82) is 0 Å². The van der Waals surface area contributed by atoms with Crippen molar-refractivity contribution in [3.05, 3.63) is 52.8 Å². The number of rotatable bonds is 1. The van der Waals surface area contributed by atoms with E-state index < -0.39 is 11.7 Å². The van der Waals surface area contributed by atoms with E-state index in [2.05, 4.69) is 4.98 Å². The Morgan fingerprint density at radius 3 is 2.64 bits per heavy atom. The second-order valence-electron chi connectivity index (χ2n) is 6.70. The van der Waals surface area contributed by atoms with Gasteiger partial charge in [-0.15, -0.1) is 0 Å². The van der Waals surface area contributed by atoms with Crippen molar-refractivity contribution in [2.24, 2.45) is 5.92 Å². The molecule has 132 valence electrons. The average molecular weight is 349 g/mol. The Balaban J connectivity index is 1.93. The van der Waals surface area contributed by atoms with Crippen LogP contribution in [0.1, 0.15) is 49.1 Å². The van der Waals surface area contributed by atoms with E-state index in [0.29, 0.717) is 22.8 Å². The van der Waals surface area contributed by atoms with Crippen LogP contribution in [0.3, 0.4) is 0 Å². The summed E-state index contributed by atoms with van der Waals surface area (Å²) in [5.41, 5.74) is 0.732.